The van der Waals surface area contributed by atoms with E-state index in [9.17, 15) is 0 Å². The van der Waals surface area contributed by atoms with Crippen molar-refractivity contribution in [2.45, 2.75) is 53.4 Å². The van der Waals surface area contributed by atoms with Crippen LogP contribution >= 0.6 is 0 Å². The summed E-state index contributed by atoms with van der Waals surface area (Å²) < 4.78 is 0. The van der Waals surface area contributed by atoms with Crippen LogP contribution in [0, 0.1) is 17.3 Å². The van der Waals surface area contributed by atoms with E-state index in [1.54, 1.807) is 0 Å². The molecule has 0 saturated heterocycles. The quantitative estimate of drug-likeness (QED) is 0.579. The maximum atomic E-state index is 2.47. The van der Waals surface area contributed by atoms with E-state index in [1.165, 1.54) is 25.7 Å². The molecular formula is C11H22. The van der Waals surface area contributed by atoms with Gasteiger partial charge in [0, 0.05) is 0 Å². The molecule has 0 amide bonds. The minimum Gasteiger partial charge on any atom is -0.0651 e. The van der Waals surface area contributed by atoms with Crippen LogP contribution in [0.5, 0.6) is 0 Å². The molecule has 1 fully saturated rings. The Kier molecular flexibility index (Phi) is 2.61. The topological polar surface area (TPSA) is 0 Å². The van der Waals surface area contributed by atoms with E-state index < -0.39 is 0 Å². The van der Waals surface area contributed by atoms with Gasteiger partial charge in [-0.15, -0.1) is 0 Å². The molecule has 0 radical (unpaired) electrons. The molecule has 0 aromatic heterocycles. The lowest BCUT2D eigenvalue weighted by molar-refractivity contribution is 0.00337. The van der Waals surface area contributed by atoms with Gasteiger partial charge >= 0.3 is 0 Å². The molecule has 0 bridgehead atoms. The summed E-state index contributed by atoms with van der Waals surface area (Å²) in [6.07, 6.45) is 5.69. The van der Waals surface area contributed by atoms with Gasteiger partial charge in [-0.3, -0.25) is 0 Å². The minimum atomic E-state index is 0.704. The zero-order chi connectivity index (χ0) is 8.48. The first-order valence-electron chi connectivity index (χ1n) is 5.14. The lowest BCUT2D eigenvalue weighted by atomic mass is 9.55. The zero-order valence-corrected chi connectivity index (χ0v) is 8.48. The Hall–Kier alpha value is 0. The molecule has 0 N–H and O–H groups in total. The third-order valence-electron chi connectivity index (χ3n) is 4.06. The van der Waals surface area contributed by atoms with E-state index in [-0.39, 0.29) is 0 Å². The van der Waals surface area contributed by atoms with Gasteiger partial charge in [-0.1, -0.05) is 40.5 Å². The Balaban J connectivity index is 2.48. The van der Waals surface area contributed by atoms with Gasteiger partial charge in [-0.25, -0.2) is 0 Å². The third-order valence-corrected chi connectivity index (χ3v) is 4.06. The molecule has 0 aliphatic heterocycles. The van der Waals surface area contributed by atoms with Crippen molar-refractivity contribution in [2.75, 3.05) is 0 Å². The summed E-state index contributed by atoms with van der Waals surface area (Å²) in [7, 11) is 0. The fourth-order valence-corrected chi connectivity index (χ4v) is 2.50. The summed E-state index contributed by atoms with van der Waals surface area (Å²) in [5, 5.41) is 0. The summed E-state index contributed by atoms with van der Waals surface area (Å²) in [6, 6.07) is 0. The summed E-state index contributed by atoms with van der Waals surface area (Å²) in [5.74, 6) is 1.98. The molecule has 0 heteroatoms. The van der Waals surface area contributed by atoms with Crippen LogP contribution in [0.4, 0.5) is 0 Å². The SMILES string of the molecule is CCC(C)C1CCC1(C)CC. The van der Waals surface area contributed by atoms with Crippen molar-refractivity contribution in [1.82, 2.24) is 0 Å². The van der Waals surface area contributed by atoms with Crippen LogP contribution in [0.2, 0.25) is 0 Å². The molecule has 1 aliphatic carbocycles. The van der Waals surface area contributed by atoms with Crippen LogP contribution in [0.3, 0.4) is 0 Å². The second-order valence-electron chi connectivity index (χ2n) is 4.54. The first-order chi connectivity index (χ1) is 5.14. The van der Waals surface area contributed by atoms with Crippen molar-refractivity contribution in [3.8, 4) is 0 Å². The van der Waals surface area contributed by atoms with Crippen LogP contribution in [-0.4, -0.2) is 0 Å². The van der Waals surface area contributed by atoms with E-state index in [1.807, 2.05) is 0 Å². The maximum Gasteiger partial charge on any atom is -0.0297 e. The molecule has 3 unspecified atom stereocenters. The minimum absolute atomic E-state index is 0.704. The van der Waals surface area contributed by atoms with E-state index in [2.05, 4.69) is 27.7 Å². The van der Waals surface area contributed by atoms with Crippen molar-refractivity contribution in [3.63, 3.8) is 0 Å². The largest absolute Gasteiger partial charge is 0.0651 e. The van der Waals surface area contributed by atoms with Gasteiger partial charge in [0.05, 0.1) is 0 Å². The third kappa shape index (κ3) is 1.45. The van der Waals surface area contributed by atoms with Crippen molar-refractivity contribution < 1.29 is 0 Å². The Morgan fingerprint density at radius 3 is 2.36 bits per heavy atom. The van der Waals surface area contributed by atoms with Crippen LogP contribution < -0.4 is 0 Å². The first kappa shape index (κ1) is 9.09. The fraction of sp³-hybridized carbons (Fsp3) is 1.00. The second-order valence-corrected chi connectivity index (χ2v) is 4.54. The van der Waals surface area contributed by atoms with Crippen molar-refractivity contribution in [2.24, 2.45) is 17.3 Å². The zero-order valence-electron chi connectivity index (χ0n) is 8.48. The summed E-state index contributed by atoms with van der Waals surface area (Å²) in [5.41, 5.74) is 0.704. The molecule has 0 aromatic rings. The Morgan fingerprint density at radius 1 is 1.45 bits per heavy atom. The van der Waals surface area contributed by atoms with Crippen LogP contribution in [0.1, 0.15) is 53.4 Å². The molecule has 0 spiro atoms. The Morgan fingerprint density at radius 2 is 2.09 bits per heavy atom. The monoisotopic (exact) mass is 154 g/mol. The second kappa shape index (κ2) is 3.16. The van der Waals surface area contributed by atoms with E-state index in [0.29, 0.717) is 5.41 Å². The van der Waals surface area contributed by atoms with Gasteiger partial charge in [-0.05, 0) is 30.1 Å². The molecular weight excluding hydrogens is 132 g/mol. The van der Waals surface area contributed by atoms with E-state index in [0.717, 1.165) is 11.8 Å². The Labute approximate surface area is 71.4 Å². The van der Waals surface area contributed by atoms with Crippen molar-refractivity contribution >= 4 is 0 Å². The van der Waals surface area contributed by atoms with Crippen molar-refractivity contribution in [3.05, 3.63) is 0 Å². The van der Waals surface area contributed by atoms with Gasteiger partial charge in [0.15, 0.2) is 0 Å². The number of hydrogen-bond donors (Lipinski definition) is 0. The molecule has 0 heterocycles. The molecule has 66 valence electrons. The maximum absolute atomic E-state index is 2.47. The highest BCUT2D eigenvalue weighted by molar-refractivity contribution is 4.93. The van der Waals surface area contributed by atoms with E-state index in [4.69, 9.17) is 0 Å². The molecule has 3 atom stereocenters. The van der Waals surface area contributed by atoms with Gasteiger partial charge in [0.2, 0.25) is 0 Å². The van der Waals surface area contributed by atoms with Crippen LogP contribution in [0.15, 0.2) is 0 Å². The summed E-state index contributed by atoms with van der Waals surface area (Å²) in [6.45, 7) is 9.54. The average molecular weight is 154 g/mol. The molecule has 0 nitrogen and oxygen atoms in total. The molecule has 11 heavy (non-hydrogen) atoms. The Bertz CT molecular complexity index is 124. The van der Waals surface area contributed by atoms with E-state index >= 15 is 0 Å². The van der Waals surface area contributed by atoms with Crippen LogP contribution in [0.25, 0.3) is 0 Å². The number of rotatable bonds is 3. The first-order valence-corrected chi connectivity index (χ1v) is 5.14. The smallest absolute Gasteiger partial charge is 0.0297 e. The van der Waals surface area contributed by atoms with Gasteiger partial charge in [-0.2, -0.15) is 0 Å². The normalized spacial score (nSPS) is 39.8. The number of hydrogen-bond acceptors (Lipinski definition) is 0. The van der Waals surface area contributed by atoms with Gasteiger partial charge in [0.1, 0.15) is 0 Å². The molecule has 1 aliphatic rings. The molecule has 1 saturated carbocycles. The predicted molar refractivity (Wildman–Crippen MR) is 50.6 cm³/mol. The average Bonchev–Trinajstić information content (AvgIpc) is 2.01. The predicted octanol–water partition coefficient (Wildman–Crippen LogP) is 3.86. The lowest BCUT2D eigenvalue weighted by Gasteiger charge is -2.50. The standard InChI is InChI=1S/C11H22/c1-5-9(3)10-7-8-11(10,4)6-2/h9-10H,5-8H2,1-4H3. The highest BCUT2D eigenvalue weighted by atomic mass is 14.5. The highest BCUT2D eigenvalue weighted by Crippen LogP contribution is 2.52. The lowest BCUT2D eigenvalue weighted by Crippen LogP contribution is -2.40. The highest BCUT2D eigenvalue weighted by Gasteiger charge is 2.42. The van der Waals surface area contributed by atoms with Crippen molar-refractivity contribution in [1.29, 1.82) is 0 Å². The summed E-state index contributed by atoms with van der Waals surface area (Å²) in [4.78, 5) is 0. The van der Waals surface area contributed by atoms with Gasteiger partial charge < -0.3 is 0 Å². The summed E-state index contributed by atoms with van der Waals surface area (Å²) >= 11 is 0. The fourth-order valence-electron chi connectivity index (χ4n) is 2.50. The molecule has 0 aromatic carbocycles. The molecule has 1 rings (SSSR count). The van der Waals surface area contributed by atoms with Crippen LogP contribution in [-0.2, 0) is 0 Å². The van der Waals surface area contributed by atoms with Gasteiger partial charge in [0.25, 0.3) is 0 Å².